The van der Waals surface area contributed by atoms with Gasteiger partial charge in [-0.3, -0.25) is 23.9 Å². The van der Waals surface area contributed by atoms with Crippen molar-refractivity contribution < 1.29 is 28.7 Å². The van der Waals surface area contributed by atoms with Crippen LogP contribution >= 0.6 is 0 Å². The molecule has 0 N–H and O–H groups in total. The second kappa shape index (κ2) is 11.9. The second-order valence-electron chi connectivity index (χ2n) is 11.4. The predicted molar refractivity (Wildman–Crippen MR) is 138 cm³/mol. The summed E-state index contributed by atoms with van der Waals surface area (Å²) in [6.07, 6.45) is 6.67. The maximum absolute atomic E-state index is 13.8. The van der Waals surface area contributed by atoms with Gasteiger partial charge in [-0.25, -0.2) is 0 Å². The van der Waals surface area contributed by atoms with Crippen LogP contribution in [-0.4, -0.2) is 68.6 Å². The molecule has 4 bridgehead atoms. The van der Waals surface area contributed by atoms with E-state index in [2.05, 4.69) is 16.9 Å². The van der Waals surface area contributed by atoms with E-state index in [4.69, 9.17) is 9.47 Å². The Labute approximate surface area is 224 Å². The normalized spacial score (nSPS) is 30.9. The second-order valence-corrected chi connectivity index (χ2v) is 11.4. The number of rotatable bonds is 6. The molecule has 208 valence electrons. The summed E-state index contributed by atoms with van der Waals surface area (Å²) < 4.78 is 13.3. The Bertz CT molecular complexity index is 1070. The quantitative estimate of drug-likeness (QED) is 0.408. The van der Waals surface area contributed by atoms with Gasteiger partial charge in [0.2, 0.25) is 5.91 Å². The van der Waals surface area contributed by atoms with Gasteiger partial charge in [0.25, 0.3) is 0 Å². The highest BCUT2D eigenvalue weighted by molar-refractivity contribution is 5.97. The molecule has 0 unspecified atom stereocenters. The van der Waals surface area contributed by atoms with Crippen molar-refractivity contribution in [3.8, 4) is 0 Å². The summed E-state index contributed by atoms with van der Waals surface area (Å²) in [5, 5.41) is 8.34. The molecular formula is C28H40N4O6. The van der Waals surface area contributed by atoms with Crippen molar-refractivity contribution in [3.63, 3.8) is 0 Å². The lowest BCUT2D eigenvalue weighted by Crippen LogP contribution is -2.46. The molecule has 10 nitrogen and oxygen atoms in total. The number of fused-ring (bicyclic) bond motifs is 4. The first-order valence-electron chi connectivity index (χ1n) is 13.8. The number of nitrogens with zero attached hydrogens (tertiary/aromatic N) is 4. The first-order chi connectivity index (χ1) is 18.1. The molecule has 3 heterocycles. The van der Waals surface area contributed by atoms with Crippen molar-refractivity contribution in [2.24, 2.45) is 23.2 Å². The van der Waals surface area contributed by atoms with E-state index in [1.807, 2.05) is 20.0 Å². The molecule has 38 heavy (non-hydrogen) atoms. The number of allylic oxidation sites excluding steroid dienone is 1. The summed E-state index contributed by atoms with van der Waals surface area (Å²) in [5.74, 6) is -1.58. The highest BCUT2D eigenvalue weighted by atomic mass is 16.5. The lowest BCUT2D eigenvalue weighted by molar-refractivity contribution is -0.151. The molecule has 1 aliphatic carbocycles. The average Bonchev–Trinajstić information content (AvgIpc) is 3.19. The number of carbonyl (C=O) groups excluding carboxylic acids is 4. The van der Waals surface area contributed by atoms with E-state index >= 15 is 0 Å². The molecule has 1 aromatic heterocycles. The van der Waals surface area contributed by atoms with Crippen molar-refractivity contribution in [2.75, 3.05) is 13.2 Å². The van der Waals surface area contributed by atoms with Crippen molar-refractivity contribution in [1.82, 2.24) is 19.9 Å². The molecule has 0 aromatic carbocycles. The summed E-state index contributed by atoms with van der Waals surface area (Å²) in [5.41, 5.74) is -0.0338. The van der Waals surface area contributed by atoms with Crippen molar-refractivity contribution in [1.29, 1.82) is 0 Å². The van der Waals surface area contributed by atoms with E-state index in [9.17, 15) is 19.2 Å². The zero-order chi connectivity index (χ0) is 27.4. The van der Waals surface area contributed by atoms with Gasteiger partial charge in [0.15, 0.2) is 5.78 Å². The van der Waals surface area contributed by atoms with Crippen molar-refractivity contribution in [2.45, 2.75) is 91.0 Å². The van der Waals surface area contributed by atoms with Gasteiger partial charge in [0.1, 0.15) is 11.5 Å². The molecule has 2 aliphatic heterocycles. The number of aromatic nitrogens is 3. The first-order valence-corrected chi connectivity index (χ1v) is 13.8. The van der Waals surface area contributed by atoms with E-state index in [0.717, 1.165) is 19.3 Å². The van der Waals surface area contributed by atoms with Crippen LogP contribution in [0.1, 0.15) is 71.4 Å². The number of hydrogen-bond donors (Lipinski definition) is 0. The van der Waals surface area contributed by atoms with E-state index in [1.54, 1.807) is 15.7 Å². The van der Waals surface area contributed by atoms with Gasteiger partial charge in [-0.1, -0.05) is 25.1 Å². The minimum Gasteiger partial charge on any atom is -0.466 e. The fraction of sp³-hybridized carbons (Fsp3) is 0.714. The zero-order valence-corrected chi connectivity index (χ0v) is 22.8. The fourth-order valence-corrected chi connectivity index (χ4v) is 5.79. The Morgan fingerprint density at radius 2 is 2.05 bits per heavy atom. The Morgan fingerprint density at radius 1 is 1.26 bits per heavy atom. The van der Waals surface area contributed by atoms with Gasteiger partial charge in [-0.05, 0) is 44.4 Å². The largest absolute Gasteiger partial charge is 0.466 e. The summed E-state index contributed by atoms with van der Waals surface area (Å²) in [6, 6.07) is -0.718. The third-order valence-electron chi connectivity index (χ3n) is 8.38. The first kappa shape index (κ1) is 28.1. The molecule has 1 saturated carbocycles. The number of aryl methyl sites for hydroxylation is 1. The fourth-order valence-electron chi connectivity index (χ4n) is 5.79. The lowest BCUT2D eigenvalue weighted by Gasteiger charge is -2.30. The summed E-state index contributed by atoms with van der Waals surface area (Å²) in [7, 11) is 0. The molecule has 10 heteroatoms. The van der Waals surface area contributed by atoms with E-state index < -0.39 is 23.3 Å². The number of cyclic esters (lactones) is 1. The lowest BCUT2D eigenvalue weighted by atomic mass is 9.88. The number of Topliss-reactive ketones (excluding diaryl/α,β-unsaturated/α-hetero) is 2. The van der Waals surface area contributed by atoms with Crippen molar-refractivity contribution >= 4 is 23.4 Å². The highest BCUT2D eigenvalue weighted by Gasteiger charge is 2.58. The number of amides is 1. The Hall–Kier alpha value is -2.88. The number of esters is 1. The molecule has 2 fully saturated rings. The van der Waals surface area contributed by atoms with Gasteiger partial charge in [-0.15, -0.1) is 11.7 Å². The molecule has 1 saturated heterocycles. The van der Waals surface area contributed by atoms with E-state index in [1.165, 1.54) is 6.92 Å². The minimum atomic E-state index is -0.724. The van der Waals surface area contributed by atoms with E-state index in [0.29, 0.717) is 31.7 Å². The van der Waals surface area contributed by atoms with Crippen LogP contribution in [0.4, 0.5) is 0 Å². The summed E-state index contributed by atoms with van der Waals surface area (Å²) in [4.78, 5) is 54.1. The smallest absolute Gasteiger partial charge is 0.306 e. The van der Waals surface area contributed by atoms with Crippen LogP contribution in [0.2, 0.25) is 0 Å². The minimum absolute atomic E-state index is 0.0232. The molecule has 1 amide bonds. The third-order valence-corrected chi connectivity index (χ3v) is 8.38. The Kier molecular flexibility index (Phi) is 8.80. The molecule has 1 aromatic rings. The van der Waals surface area contributed by atoms with Crippen molar-refractivity contribution in [3.05, 3.63) is 24.5 Å². The van der Waals surface area contributed by atoms with Gasteiger partial charge in [-0.2, -0.15) is 0 Å². The number of ketones is 2. The maximum Gasteiger partial charge on any atom is 0.306 e. The van der Waals surface area contributed by atoms with Crippen LogP contribution in [-0.2, 0) is 41.8 Å². The Morgan fingerprint density at radius 3 is 2.74 bits per heavy atom. The van der Waals surface area contributed by atoms with E-state index in [-0.39, 0.29) is 61.4 Å². The highest BCUT2D eigenvalue weighted by Crippen LogP contribution is 2.57. The monoisotopic (exact) mass is 528 g/mol. The molecule has 4 rings (SSSR count). The standard InChI is InChI=1S/C28H40N4O6/c1-5-20-13-28(20,19(4)33)14-25(34)24-11-22-16-32(24)27(36)23(18(2)3)12-26(35)37-10-8-6-7-9-31-15-21(17-38-22)29-30-31/h5,15,18,20,22-24H,1,6-14,16-17H2,2-4H3/t20-,22-,23+,24+,28+/m1/s1. The topological polar surface area (TPSA) is 121 Å². The molecular weight excluding hydrogens is 488 g/mol. The van der Waals surface area contributed by atoms with Crippen LogP contribution in [0.3, 0.4) is 0 Å². The average molecular weight is 529 g/mol. The maximum atomic E-state index is 13.8. The van der Waals surface area contributed by atoms with Gasteiger partial charge in [0, 0.05) is 31.3 Å². The summed E-state index contributed by atoms with van der Waals surface area (Å²) in [6.45, 7) is 10.6. The van der Waals surface area contributed by atoms with Crippen LogP contribution in [0.15, 0.2) is 18.9 Å². The molecule has 5 atom stereocenters. The molecule has 0 spiro atoms. The SMILES string of the molecule is C=C[C@@H]1C[C@]1(CC(=O)[C@@H]1C[C@@H]2CN1C(=O)[C@H](C(C)C)CC(=O)OCCCCCn1cc(nn1)CO2)C(C)=O. The number of ether oxygens (including phenoxy) is 2. The van der Waals surface area contributed by atoms with Gasteiger partial charge >= 0.3 is 5.97 Å². The van der Waals surface area contributed by atoms with Crippen LogP contribution in [0.5, 0.6) is 0 Å². The number of hydrogen-bond acceptors (Lipinski definition) is 8. The predicted octanol–water partition coefficient (Wildman–Crippen LogP) is 2.89. The van der Waals surface area contributed by atoms with Crippen LogP contribution in [0.25, 0.3) is 0 Å². The van der Waals surface area contributed by atoms with Gasteiger partial charge in [0.05, 0.1) is 43.9 Å². The summed E-state index contributed by atoms with van der Waals surface area (Å²) >= 11 is 0. The third kappa shape index (κ3) is 6.22. The van der Waals surface area contributed by atoms with Crippen LogP contribution < -0.4 is 0 Å². The Balaban J connectivity index is 1.56. The zero-order valence-electron chi connectivity index (χ0n) is 22.8. The van der Waals surface area contributed by atoms with Gasteiger partial charge < -0.3 is 14.4 Å². The number of carbonyl (C=O) groups is 4. The molecule has 3 aliphatic rings. The molecule has 0 radical (unpaired) electrons. The van der Waals surface area contributed by atoms with Crippen LogP contribution in [0, 0.1) is 23.2 Å².